The normalized spacial score (nSPS) is 11.8. The van der Waals surface area contributed by atoms with E-state index in [9.17, 15) is 9.59 Å². The van der Waals surface area contributed by atoms with E-state index < -0.39 is 11.9 Å². The van der Waals surface area contributed by atoms with Crippen molar-refractivity contribution in [2.45, 2.75) is 18.9 Å². The average Bonchev–Trinajstić information content (AvgIpc) is 3.23. The quantitative estimate of drug-likeness (QED) is 0.325. The minimum absolute atomic E-state index is 0.255. The molecule has 0 saturated carbocycles. The van der Waals surface area contributed by atoms with E-state index >= 15 is 0 Å². The van der Waals surface area contributed by atoms with Crippen molar-refractivity contribution in [1.82, 2.24) is 15.6 Å². The van der Waals surface area contributed by atoms with Gasteiger partial charge in [0.1, 0.15) is 6.04 Å². The van der Waals surface area contributed by atoms with Gasteiger partial charge in [-0.05, 0) is 47.9 Å². The van der Waals surface area contributed by atoms with Crippen molar-refractivity contribution in [3.63, 3.8) is 0 Å². The standard InChI is InChI=1S/C26H23Cl2N3O2/c27-19-11-9-17(10-12-19)13-14-29-26(33)24(31-25(32)21-6-1-3-7-22(21)28)15-18-16-30-23-8-4-2-5-20(18)23/h1-12,16,24,30H,13-15H2,(H,29,33)(H,31,32)/t24-/m0/s1. The summed E-state index contributed by atoms with van der Waals surface area (Å²) in [6, 6.07) is 21.4. The van der Waals surface area contributed by atoms with Crippen molar-refractivity contribution in [2.24, 2.45) is 0 Å². The number of rotatable bonds is 8. The number of para-hydroxylation sites is 1. The van der Waals surface area contributed by atoms with Crippen LogP contribution in [0.2, 0.25) is 10.0 Å². The fourth-order valence-corrected chi connectivity index (χ4v) is 4.06. The molecule has 0 unspecified atom stereocenters. The molecule has 0 fully saturated rings. The van der Waals surface area contributed by atoms with Crippen LogP contribution in [0, 0.1) is 0 Å². The third-order valence-corrected chi connectivity index (χ3v) is 6.05. The number of carbonyl (C=O) groups excluding carboxylic acids is 2. The van der Waals surface area contributed by atoms with Gasteiger partial charge in [0, 0.05) is 35.1 Å². The van der Waals surface area contributed by atoms with Crippen molar-refractivity contribution >= 4 is 45.9 Å². The molecule has 4 rings (SSSR count). The maximum Gasteiger partial charge on any atom is 0.253 e. The molecule has 0 saturated heterocycles. The smallest absolute Gasteiger partial charge is 0.253 e. The second-order valence-electron chi connectivity index (χ2n) is 7.74. The van der Waals surface area contributed by atoms with Crippen molar-refractivity contribution in [3.8, 4) is 0 Å². The van der Waals surface area contributed by atoms with Crippen LogP contribution in [0.4, 0.5) is 0 Å². The van der Waals surface area contributed by atoms with Crippen LogP contribution in [-0.2, 0) is 17.6 Å². The van der Waals surface area contributed by atoms with E-state index in [1.165, 1.54) is 0 Å². The number of aromatic amines is 1. The Kier molecular flexibility index (Phi) is 7.33. The van der Waals surface area contributed by atoms with E-state index in [4.69, 9.17) is 23.2 Å². The lowest BCUT2D eigenvalue weighted by Crippen LogP contribution is -2.48. The number of halogens is 2. The zero-order valence-electron chi connectivity index (χ0n) is 17.8. The third kappa shape index (κ3) is 5.75. The van der Waals surface area contributed by atoms with E-state index in [-0.39, 0.29) is 5.91 Å². The van der Waals surface area contributed by atoms with Gasteiger partial charge >= 0.3 is 0 Å². The summed E-state index contributed by atoms with van der Waals surface area (Å²) in [4.78, 5) is 29.2. The van der Waals surface area contributed by atoms with Crippen LogP contribution in [0.3, 0.4) is 0 Å². The van der Waals surface area contributed by atoms with Crippen LogP contribution in [0.5, 0.6) is 0 Å². The summed E-state index contributed by atoms with van der Waals surface area (Å²) >= 11 is 12.1. The summed E-state index contributed by atoms with van der Waals surface area (Å²) in [5.41, 5.74) is 3.32. The number of carbonyl (C=O) groups is 2. The van der Waals surface area contributed by atoms with Gasteiger partial charge in [0.15, 0.2) is 0 Å². The van der Waals surface area contributed by atoms with Gasteiger partial charge in [-0.1, -0.05) is 65.7 Å². The average molecular weight is 480 g/mol. The number of nitrogens with one attached hydrogen (secondary N) is 3. The highest BCUT2D eigenvalue weighted by atomic mass is 35.5. The molecular formula is C26H23Cl2N3O2. The van der Waals surface area contributed by atoms with Gasteiger partial charge in [-0.2, -0.15) is 0 Å². The first-order valence-corrected chi connectivity index (χ1v) is 11.4. The largest absolute Gasteiger partial charge is 0.361 e. The highest BCUT2D eigenvalue weighted by Crippen LogP contribution is 2.20. The molecule has 1 aromatic heterocycles. The molecule has 0 spiro atoms. The Morgan fingerprint density at radius 2 is 1.64 bits per heavy atom. The van der Waals surface area contributed by atoms with Gasteiger partial charge < -0.3 is 15.6 Å². The van der Waals surface area contributed by atoms with E-state index in [0.717, 1.165) is 22.0 Å². The number of H-pyrrole nitrogens is 1. The van der Waals surface area contributed by atoms with Crippen molar-refractivity contribution in [1.29, 1.82) is 0 Å². The second-order valence-corrected chi connectivity index (χ2v) is 8.58. The van der Waals surface area contributed by atoms with Crippen molar-refractivity contribution in [2.75, 3.05) is 6.54 Å². The maximum absolute atomic E-state index is 13.1. The SMILES string of the molecule is O=C(N[C@@H](Cc1c[nH]c2ccccc12)C(=O)NCCc1ccc(Cl)cc1)c1ccccc1Cl. The fraction of sp³-hybridized carbons (Fsp3) is 0.154. The Labute approximate surface area is 202 Å². The fourth-order valence-electron chi connectivity index (χ4n) is 3.72. The second kappa shape index (κ2) is 10.6. The first-order chi connectivity index (χ1) is 16.0. The molecule has 3 N–H and O–H groups in total. The molecule has 0 aliphatic rings. The van der Waals surface area contributed by atoms with Crippen molar-refractivity contribution in [3.05, 3.63) is 106 Å². The van der Waals surface area contributed by atoms with E-state index in [2.05, 4.69) is 15.6 Å². The first kappa shape index (κ1) is 22.9. The molecule has 33 heavy (non-hydrogen) atoms. The number of aromatic nitrogens is 1. The molecule has 3 aromatic carbocycles. The van der Waals surface area contributed by atoms with Gasteiger partial charge in [0.25, 0.3) is 5.91 Å². The maximum atomic E-state index is 13.1. The van der Waals surface area contributed by atoms with Crippen LogP contribution < -0.4 is 10.6 Å². The summed E-state index contributed by atoms with van der Waals surface area (Å²) in [7, 11) is 0. The molecule has 0 aliphatic heterocycles. The molecule has 0 aliphatic carbocycles. The van der Waals surface area contributed by atoms with E-state index in [0.29, 0.717) is 35.0 Å². The minimum Gasteiger partial charge on any atom is -0.361 e. The predicted octanol–water partition coefficient (Wildman–Crippen LogP) is 5.17. The summed E-state index contributed by atoms with van der Waals surface area (Å²) in [5, 5.41) is 7.84. The molecule has 7 heteroatoms. The highest BCUT2D eigenvalue weighted by molar-refractivity contribution is 6.33. The summed E-state index contributed by atoms with van der Waals surface area (Å²) < 4.78 is 0. The predicted molar refractivity (Wildman–Crippen MR) is 133 cm³/mol. The molecule has 5 nitrogen and oxygen atoms in total. The lowest BCUT2D eigenvalue weighted by atomic mass is 10.0. The van der Waals surface area contributed by atoms with Crippen LogP contribution in [0.25, 0.3) is 10.9 Å². The number of amides is 2. The van der Waals surface area contributed by atoms with E-state index in [1.807, 2.05) is 54.7 Å². The van der Waals surface area contributed by atoms with Gasteiger partial charge in [-0.25, -0.2) is 0 Å². The number of fused-ring (bicyclic) bond motifs is 1. The Hall–Kier alpha value is -3.28. The Morgan fingerprint density at radius 3 is 2.42 bits per heavy atom. The zero-order chi connectivity index (χ0) is 23.2. The van der Waals surface area contributed by atoms with Gasteiger partial charge in [-0.3, -0.25) is 9.59 Å². The summed E-state index contributed by atoms with van der Waals surface area (Å²) in [6.07, 6.45) is 2.87. The molecular weight excluding hydrogens is 457 g/mol. The zero-order valence-corrected chi connectivity index (χ0v) is 19.3. The van der Waals surface area contributed by atoms with Crippen LogP contribution in [0.1, 0.15) is 21.5 Å². The molecule has 2 amide bonds. The number of hydrogen-bond acceptors (Lipinski definition) is 2. The Bertz CT molecular complexity index is 1270. The molecule has 0 radical (unpaired) electrons. The molecule has 1 heterocycles. The molecule has 4 aromatic rings. The topological polar surface area (TPSA) is 74.0 Å². The lowest BCUT2D eigenvalue weighted by Gasteiger charge is -2.19. The summed E-state index contributed by atoms with van der Waals surface area (Å²) in [6.45, 7) is 0.437. The summed E-state index contributed by atoms with van der Waals surface area (Å²) in [5.74, 6) is -0.645. The number of hydrogen-bond donors (Lipinski definition) is 3. The number of benzene rings is 3. The monoisotopic (exact) mass is 479 g/mol. The minimum atomic E-state index is -0.766. The Balaban J connectivity index is 1.49. The van der Waals surface area contributed by atoms with Gasteiger partial charge in [0.05, 0.1) is 10.6 Å². The van der Waals surface area contributed by atoms with Gasteiger partial charge in [0.2, 0.25) is 5.91 Å². The van der Waals surface area contributed by atoms with Crippen LogP contribution >= 0.6 is 23.2 Å². The molecule has 1 atom stereocenters. The van der Waals surface area contributed by atoms with Crippen LogP contribution in [-0.4, -0.2) is 29.4 Å². The molecule has 0 bridgehead atoms. The van der Waals surface area contributed by atoms with Crippen molar-refractivity contribution < 1.29 is 9.59 Å². The Morgan fingerprint density at radius 1 is 0.909 bits per heavy atom. The molecule has 168 valence electrons. The van der Waals surface area contributed by atoms with Gasteiger partial charge in [-0.15, -0.1) is 0 Å². The lowest BCUT2D eigenvalue weighted by molar-refractivity contribution is -0.122. The first-order valence-electron chi connectivity index (χ1n) is 10.6. The highest BCUT2D eigenvalue weighted by Gasteiger charge is 2.24. The van der Waals surface area contributed by atoms with E-state index in [1.54, 1.807) is 24.3 Å². The van der Waals surface area contributed by atoms with Crippen LogP contribution in [0.15, 0.2) is 79.0 Å². The third-order valence-electron chi connectivity index (χ3n) is 5.47.